The molecule has 0 radical (unpaired) electrons. The fourth-order valence-electron chi connectivity index (χ4n) is 5.53. The second-order valence-corrected chi connectivity index (χ2v) is 9.49. The Morgan fingerprint density at radius 3 is 2.50 bits per heavy atom. The summed E-state index contributed by atoms with van der Waals surface area (Å²) in [4.78, 5) is 17.2. The van der Waals surface area contributed by atoms with Crippen molar-refractivity contribution in [3.63, 3.8) is 0 Å². The quantitative estimate of drug-likeness (QED) is 0.753. The second-order valence-electron chi connectivity index (χ2n) is 9.49. The Bertz CT molecular complexity index is 624. The zero-order valence-corrected chi connectivity index (χ0v) is 17.5. The number of likely N-dealkylation sites (tertiary alicyclic amines) is 1. The monoisotopic (exact) mass is 389 g/mol. The van der Waals surface area contributed by atoms with Gasteiger partial charge < -0.3 is 15.1 Å². The summed E-state index contributed by atoms with van der Waals surface area (Å²) in [5.41, 5.74) is -0.225. The number of fused-ring (bicyclic) bond motifs is 2. The van der Waals surface area contributed by atoms with Gasteiger partial charge in [-0.05, 0) is 57.6 Å². The van der Waals surface area contributed by atoms with Crippen LogP contribution in [0.15, 0.2) is 23.9 Å². The zero-order chi connectivity index (χ0) is 19.7. The number of halogens is 1. The van der Waals surface area contributed by atoms with Gasteiger partial charge in [0.1, 0.15) is 5.67 Å². The predicted octanol–water partition coefficient (Wildman–Crippen LogP) is 3.59. The molecule has 2 bridgehead atoms. The van der Waals surface area contributed by atoms with Crippen molar-refractivity contribution in [2.75, 3.05) is 19.6 Å². The molecule has 5 heteroatoms. The molecular weight excluding hydrogens is 353 g/mol. The van der Waals surface area contributed by atoms with Crippen LogP contribution < -0.4 is 5.32 Å². The highest BCUT2D eigenvalue weighted by Crippen LogP contribution is 2.33. The van der Waals surface area contributed by atoms with Crippen LogP contribution in [0.25, 0.3) is 0 Å². The highest BCUT2D eigenvalue weighted by molar-refractivity contribution is 5.80. The molecule has 3 fully saturated rings. The fraction of sp³-hybridized carbons (Fsp3) is 0.783. The number of ketones is 1. The first kappa shape index (κ1) is 20.1. The first-order chi connectivity index (χ1) is 13.4. The lowest BCUT2D eigenvalue weighted by Gasteiger charge is -2.45. The van der Waals surface area contributed by atoms with Crippen LogP contribution in [0.3, 0.4) is 0 Å². The number of carbonyl (C=O) groups is 1. The van der Waals surface area contributed by atoms with Gasteiger partial charge in [-0.15, -0.1) is 0 Å². The molecule has 156 valence electrons. The molecule has 0 amide bonds. The third kappa shape index (κ3) is 4.51. The highest BCUT2D eigenvalue weighted by atomic mass is 19.1. The number of nitrogens with one attached hydrogen (secondary N) is 1. The smallest absolute Gasteiger partial charge is 0.151 e. The van der Waals surface area contributed by atoms with Crippen LogP contribution in [0.4, 0.5) is 4.39 Å². The molecule has 3 unspecified atom stereocenters. The van der Waals surface area contributed by atoms with E-state index in [1.807, 2.05) is 19.1 Å². The van der Waals surface area contributed by atoms with E-state index in [1.165, 1.54) is 25.7 Å². The van der Waals surface area contributed by atoms with Crippen LogP contribution in [0.1, 0.15) is 65.2 Å². The SMILES string of the molecule is CCC(=O)CN(C1=CCC(C)(F)C=C1)C1CCN(C2CC3CCC(C2)N3)CC1. The minimum absolute atomic E-state index is 0.264. The largest absolute Gasteiger partial charge is 0.361 e. The lowest BCUT2D eigenvalue weighted by atomic mass is 9.93. The molecule has 1 N–H and O–H groups in total. The molecule has 3 atom stereocenters. The maximum absolute atomic E-state index is 14.2. The van der Waals surface area contributed by atoms with E-state index in [4.69, 9.17) is 0 Å². The number of hydrogen-bond acceptors (Lipinski definition) is 4. The molecule has 0 aromatic carbocycles. The number of piperidine rings is 2. The van der Waals surface area contributed by atoms with E-state index in [-0.39, 0.29) is 5.78 Å². The molecule has 3 saturated heterocycles. The van der Waals surface area contributed by atoms with E-state index < -0.39 is 5.67 Å². The zero-order valence-electron chi connectivity index (χ0n) is 17.5. The molecule has 4 nitrogen and oxygen atoms in total. The van der Waals surface area contributed by atoms with Gasteiger partial charge in [0.25, 0.3) is 0 Å². The van der Waals surface area contributed by atoms with Crippen molar-refractivity contribution in [2.45, 2.75) is 95.1 Å². The lowest BCUT2D eigenvalue weighted by Crippen LogP contribution is -2.53. The number of nitrogens with zero attached hydrogens (tertiary/aromatic N) is 2. The van der Waals surface area contributed by atoms with Gasteiger partial charge in [-0.3, -0.25) is 4.79 Å². The van der Waals surface area contributed by atoms with Crippen LogP contribution in [0.5, 0.6) is 0 Å². The predicted molar refractivity (Wildman–Crippen MR) is 111 cm³/mol. The third-order valence-corrected chi connectivity index (χ3v) is 7.29. The minimum atomic E-state index is -1.26. The molecule has 0 spiro atoms. The number of alkyl halides is 1. The van der Waals surface area contributed by atoms with Crippen LogP contribution >= 0.6 is 0 Å². The van der Waals surface area contributed by atoms with Gasteiger partial charge in [0.2, 0.25) is 0 Å². The van der Waals surface area contributed by atoms with Gasteiger partial charge in [-0.2, -0.15) is 0 Å². The van der Waals surface area contributed by atoms with Crippen molar-refractivity contribution in [1.82, 2.24) is 15.1 Å². The normalized spacial score (nSPS) is 36.4. The molecule has 0 saturated carbocycles. The Hall–Kier alpha value is -1.20. The fourth-order valence-corrected chi connectivity index (χ4v) is 5.53. The number of Topliss-reactive ketones (excluding diaryl/α,β-unsaturated/α-hetero) is 1. The Morgan fingerprint density at radius 1 is 1.25 bits per heavy atom. The van der Waals surface area contributed by atoms with Gasteiger partial charge >= 0.3 is 0 Å². The van der Waals surface area contributed by atoms with E-state index in [1.54, 1.807) is 13.0 Å². The first-order valence-electron chi connectivity index (χ1n) is 11.3. The number of allylic oxidation sites excluding steroid dienone is 3. The van der Waals surface area contributed by atoms with Gasteiger partial charge in [0.05, 0.1) is 6.54 Å². The van der Waals surface area contributed by atoms with Crippen molar-refractivity contribution >= 4 is 5.78 Å². The van der Waals surface area contributed by atoms with Crippen LogP contribution in [-0.4, -0.2) is 65.1 Å². The van der Waals surface area contributed by atoms with Crippen molar-refractivity contribution in [2.24, 2.45) is 0 Å². The summed E-state index contributed by atoms with van der Waals surface area (Å²) in [6.07, 6.45) is 14.0. The molecule has 28 heavy (non-hydrogen) atoms. The first-order valence-corrected chi connectivity index (χ1v) is 11.3. The molecule has 4 aliphatic rings. The number of carbonyl (C=O) groups excluding carboxylic acids is 1. The van der Waals surface area contributed by atoms with Gasteiger partial charge in [0.15, 0.2) is 5.78 Å². The molecule has 3 heterocycles. The van der Waals surface area contributed by atoms with E-state index in [0.29, 0.717) is 25.4 Å². The summed E-state index contributed by atoms with van der Waals surface area (Å²) >= 11 is 0. The van der Waals surface area contributed by atoms with Gasteiger partial charge in [0, 0.05) is 55.8 Å². The van der Waals surface area contributed by atoms with E-state index >= 15 is 0 Å². The summed E-state index contributed by atoms with van der Waals surface area (Å²) in [5.74, 6) is 0.264. The van der Waals surface area contributed by atoms with Crippen molar-refractivity contribution in [3.05, 3.63) is 23.9 Å². The Labute approximate surface area is 169 Å². The van der Waals surface area contributed by atoms with Crippen molar-refractivity contribution < 1.29 is 9.18 Å². The standard InChI is InChI=1S/C23H36FN3O/c1-3-22(28)16-27(19-6-10-23(2,24)11-7-19)20-8-12-26(13-9-20)21-14-17-4-5-18(15-21)25-17/h6-7,10,17-18,20-21,25H,3-5,8-9,11-16H2,1-2H3. The number of rotatable bonds is 6. The molecule has 0 aromatic heterocycles. The van der Waals surface area contributed by atoms with Crippen molar-refractivity contribution in [1.29, 1.82) is 0 Å². The summed E-state index contributed by atoms with van der Waals surface area (Å²) in [7, 11) is 0. The summed E-state index contributed by atoms with van der Waals surface area (Å²) in [6.45, 7) is 6.23. The van der Waals surface area contributed by atoms with E-state index in [2.05, 4.69) is 15.1 Å². The van der Waals surface area contributed by atoms with E-state index in [0.717, 1.165) is 49.8 Å². The Kier molecular flexibility index (Phi) is 5.93. The van der Waals surface area contributed by atoms with E-state index in [9.17, 15) is 9.18 Å². The van der Waals surface area contributed by atoms with Crippen LogP contribution in [-0.2, 0) is 4.79 Å². The lowest BCUT2D eigenvalue weighted by molar-refractivity contribution is -0.120. The summed E-state index contributed by atoms with van der Waals surface area (Å²) in [5, 5.41) is 3.75. The molecular formula is C23H36FN3O. The minimum Gasteiger partial charge on any atom is -0.361 e. The van der Waals surface area contributed by atoms with Gasteiger partial charge in [-0.1, -0.05) is 13.0 Å². The maximum atomic E-state index is 14.2. The maximum Gasteiger partial charge on any atom is 0.151 e. The van der Waals surface area contributed by atoms with Crippen molar-refractivity contribution in [3.8, 4) is 0 Å². The Morgan fingerprint density at radius 2 is 1.93 bits per heavy atom. The van der Waals surface area contributed by atoms with Crippen LogP contribution in [0.2, 0.25) is 0 Å². The molecule has 0 aromatic rings. The molecule has 1 aliphatic carbocycles. The molecule has 4 rings (SSSR count). The summed E-state index contributed by atoms with van der Waals surface area (Å²) < 4.78 is 14.2. The average molecular weight is 390 g/mol. The topological polar surface area (TPSA) is 35.6 Å². The average Bonchev–Trinajstić information content (AvgIpc) is 3.04. The molecule has 3 aliphatic heterocycles. The number of hydrogen-bond donors (Lipinski definition) is 1. The highest BCUT2D eigenvalue weighted by Gasteiger charge is 2.38. The van der Waals surface area contributed by atoms with Gasteiger partial charge in [-0.25, -0.2) is 4.39 Å². The van der Waals surface area contributed by atoms with Crippen LogP contribution in [0, 0.1) is 0 Å². The third-order valence-electron chi connectivity index (χ3n) is 7.29. The second kappa shape index (κ2) is 8.27. The summed E-state index contributed by atoms with van der Waals surface area (Å²) in [6, 6.07) is 2.57. The Balaban J connectivity index is 1.39.